The Labute approximate surface area is 119 Å². The maximum atomic E-state index is 12.1. The first-order valence-electron chi connectivity index (χ1n) is 4.85. The highest BCUT2D eigenvalue weighted by Gasteiger charge is 2.27. The molecule has 0 aliphatic rings. The van der Waals surface area contributed by atoms with E-state index in [0.29, 0.717) is 0 Å². The van der Waals surface area contributed by atoms with Gasteiger partial charge in [0.2, 0.25) is 10.0 Å². The molecule has 0 aromatic carbocycles. The van der Waals surface area contributed by atoms with Crippen molar-refractivity contribution in [3.8, 4) is 0 Å². The molecule has 0 amide bonds. The molecule has 18 heavy (non-hydrogen) atoms. The van der Waals surface area contributed by atoms with Gasteiger partial charge in [0.05, 0.1) is 10.9 Å². The molecule has 1 aromatic heterocycles. The Bertz CT molecular complexity index is 541. The second-order valence-electron chi connectivity index (χ2n) is 3.25. The molecule has 0 saturated carbocycles. The van der Waals surface area contributed by atoms with Crippen LogP contribution in [0, 0.1) is 0 Å². The van der Waals surface area contributed by atoms with Gasteiger partial charge in [0.1, 0.15) is 15.8 Å². The van der Waals surface area contributed by atoms with Gasteiger partial charge in [-0.05, 0) is 13.0 Å². The van der Waals surface area contributed by atoms with Crippen molar-refractivity contribution in [3.05, 3.63) is 14.7 Å². The monoisotopic (exact) mass is 331 g/mol. The Morgan fingerprint density at radius 1 is 1.50 bits per heavy atom. The van der Waals surface area contributed by atoms with E-state index in [4.69, 9.17) is 23.2 Å². The second kappa shape index (κ2) is 6.21. The number of rotatable bonds is 5. The number of nitrogens with zero attached hydrogens (tertiary/aromatic N) is 1. The lowest BCUT2D eigenvalue weighted by Gasteiger charge is -2.15. The van der Waals surface area contributed by atoms with E-state index in [1.807, 2.05) is 0 Å². The third kappa shape index (κ3) is 3.58. The number of hydrogen-bond donors (Lipinski definition) is 0. The topological polar surface area (TPSA) is 63.7 Å². The number of carbonyl (C=O) groups is 1. The van der Waals surface area contributed by atoms with Crippen LogP contribution in [0.1, 0.15) is 6.92 Å². The van der Waals surface area contributed by atoms with Gasteiger partial charge in [0.15, 0.2) is 0 Å². The van der Waals surface area contributed by atoms with E-state index in [9.17, 15) is 13.2 Å². The molecule has 0 bridgehead atoms. The third-order valence-electron chi connectivity index (χ3n) is 1.97. The molecular weight excluding hydrogens is 321 g/mol. The summed E-state index contributed by atoms with van der Waals surface area (Å²) in [5, 5.41) is 0. The molecule has 1 aromatic rings. The lowest BCUT2D eigenvalue weighted by molar-refractivity contribution is -0.143. The summed E-state index contributed by atoms with van der Waals surface area (Å²) in [5.41, 5.74) is 0. The predicted molar refractivity (Wildman–Crippen MR) is 70.8 cm³/mol. The summed E-state index contributed by atoms with van der Waals surface area (Å²) in [6.45, 7) is 1.46. The molecule has 0 radical (unpaired) electrons. The van der Waals surface area contributed by atoms with E-state index in [2.05, 4.69) is 4.74 Å². The van der Waals surface area contributed by atoms with Crippen LogP contribution in [-0.2, 0) is 19.6 Å². The highest BCUT2D eigenvalue weighted by Crippen LogP contribution is 2.35. The summed E-state index contributed by atoms with van der Waals surface area (Å²) in [7, 11) is -2.56. The Morgan fingerprint density at radius 3 is 2.56 bits per heavy atom. The zero-order valence-corrected chi connectivity index (χ0v) is 12.8. The molecular formula is C9H11Cl2NO4S2. The number of carbonyl (C=O) groups excluding carboxylic acids is 1. The van der Waals surface area contributed by atoms with Crippen LogP contribution in [0.3, 0.4) is 0 Å². The molecule has 102 valence electrons. The maximum absolute atomic E-state index is 12.1. The molecule has 0 N–H and O–H groups in total. The summed E-state index contributed by atoms with van der Waals surface area (Å²) >= 11 is 12.4. The molecule has 0 saturated heterocycles. The van der Waals surface area contributed by atoms with Gasteiger partial charge in [-0.25, -0.2) is 8.42 Å². The smallest absolute Gasteiger partial charge is 0.321 e. The number of likely N-dealkylation sites (N-methyl/N-ethyl adjacent to an activating group) is 1. The Kier molecular flexibility index (Phi) is 5.42. The van der Waals surface area contributed by atoms with Crippen molar-refractivity contribution in [3.63, 3.8) is 0 Å². The van der Waals surface area contributed by atoms with E-state index >= 15 is 0 Å². The summed E-state index contributed by atoms with van der Waals surface area (Å²) in [6.07, 6.45) is 0. The SMILES string of the molecule is CCOC(=O)CN(C)S(=O)(=O)c1cc(Cl)sc1Cl. The van der Waals surface area contributed by atoms with Crippen LogP contribution in [-0.4, -0.2) is 38.9 Å². The fraction of sp³-hybridized carbons (Fsp3) is 0.444. The van der Waals surface area contributed by atoms with Crippen LogP contribution < -0.4 is 0 Å². The lowest BCUT2D eigenvalue weighted by atomic mass is 10.6. The summed E-state index contributed by atoms with van der Waals surface area (Å²) in [5.74, 6) is -0.624. The van der Waals surface area contributed by atoms with Crippen molar-refractivity contribution in [1.29, 1.82) is 0 Å². The minimum atomic E-state index is -3.84. The summed E-state index contributed by atoms with van der Waals surface area (Å²) in [6, 6.07) is 1.26. The summed E-state index contributed by atoms with van der Waals surface area (Å²) < 4.78 is 30.1. The number of halogens is 2. The normalized spacial score (nSPS) is 11.8. The molecule has 1 heterocycles. The van der Waals surface area contributed by atoms with Crippen LogP contribution in [0.15, 0.2) is 11.0 Å². The van der Waals surface area contributed by atoms with Gasteiger partial charge in [-0.1, -0.05) is 23.2 Å². The van der Waals surface area contributed by atoms with E-state index in [1.165, 1.54) is 13.1 Å². The Balaban J connectivity index is 2.93. The second-order valence-corrected chi connectivity index (χ2v) is 7.55. The van der Waals surface area contributed by atoms with Crippen molar-refractivity contribution in [1.82, 2.24) is 4.31 Å². The standard InChI is InChI=1S/C9H11Cl2NO4S2/c1-3-16-8(13)5-12(2)18(14,15)6-4-7(10)17-9(6)11/h4H,3,5H2,1-2H3. The minimum Gasteiger partial charge on any atom is -0.465 e. The van der Waals surface area contributed by atoms with Crippen LogP contribution >= 0.6 is 34.5 Å². The van der Waals surface area contributed by atoms with Crippen LogP contribution in [0.25, 0.3) is 0 Å². The zero-order chi connectivity index (χ0) is 13.9. The van der Waals surface area contributed by atoms with Crippen molar-refractivity contribution < 1.29 is 17.9 Å². The molecule has 0 aliphatic heterocycles. The Hall–Kier alpha value is -0.340. The molecule has 0 atom stereocenters. The number of ether oxygens (including phenoxy) is 1. The molecule has 0 fully saturated rings. The largest absolute Gasteiger partial charge is 0.465 e. The molecule has 1 rings (SSSR count). The third-order valence-corrected chi connectivity index (χ3v) is 5.53. The van der Waals surface area contributed by atoms with Gasteiger partial charge < -0.3 is 4.74 Å². The molecule has 0 unspecified atom stereocenters. The fourth-order valence-corrected chi connectivity index (χ4v) is 4.37. The maximum Gasteiger partial charge on any atom is 0.321 e. The highest BCUT2D eigenvalue weighted by atomic mass is 35.5. The average Bonchev–Trinajstić information content (AvgIpc) is 2.58. The molecule has 0 spiro atoms. The molecule has 9 heteroatoms. The van der Waals surface area contributed by atoms with Gasteiger partial charge in [0.25, 0.3) is 0 Å². The molecule has 5 nitrogen and oxygen atoms in total. The number of sulfonamides is 1. The van der Waals surface area contributed by atoms with Gasteiger partial charge in [-0.2, -0.15) is 4.31 Å². The predicted octanol–water partition coefficient (Wildman–Crippen LogP) is 2.24. The van der Waals surface area contributed by atoms with E-state index in [-0.39, 0.29) is 26.7 Å². The van der Waals surface area contributed by atoms with Crippen molar-refractivity contribution >= 4 is 50.5 Å². The van der Waals surface area contributed by atoms with E-state index in [0.717, 1.165) is 15.6 Å². The van der Waals surface area contributed by atoms with Crippen LogP contribution in [0.2, 0.25) is 8.67 Å². The van der Waals surface area contributed by atoms with E-state index < -0.39 is 16.0 Å². The fourth-order valence-electron chi connectivity index (χ4n) is 1.14. The first kappa shape index (κ1) is 15.7. The number of thiophene rings is 1. The lowest BCUT2D eigenvalue weighted by Crippen LogP contribution is -2.33. The van der Waals surface area contributed by atoms with Crippen molar-refractivity contribution in [2.75, 3.05) is 20.2 Å². The minimum absolute atomic E-state index is 0.0655. The van der Waals surface area contributed by atoms with Crippen molar-refractivity contribution in [2.45, 2.75) is 11.8 Å². The average molecular weight is 332 g/mol. The van der Waals surface area contributed by atoms with Gasteiger partial charge in [0, 0.05) is 7.05 Å². The van der Waals surface area contributed by atoms with E-state index in [1.54, 1.807) is 6.92 Å². The van der Waals surface area contributed by atoms with Crippen LogP contribution in [0.4, 0.5) is 0 Å². The Morgan fingerprint density at radius 2 is 2.11 bits per heavy atom. The summed E-state index contributed by atoms with van der Waals surface area (Å²) in [4.78, 5) is 11.1. The van der Waals surface area contributed by atoms with Crippen LogP contribution in [0.5, 0.6) is 0 Å². The quantitative estimate of drug-likeness (QED) is 0.776. The first-order chi connectivity index (χ1) is 8.28. The first-order valence-corrected chi connectivity index (χ1v) is 7.87. The van der Waals surface area contributed by atoms with Gasteiger partial charge in [-0.15, -0.1) is 11.3 Å². The zero-order valence-electron chi connectivity index (χ0n) is 9.64. The molecule has 0 aliphatic carbocycles. The van der Waals surface area contributed by atoms with Crippen molar-refractivity contribution in [2.24, 2.45) is 0 Å². The van der Waals surface area contributed by atoms with Gasteiger partial charge >= 0.3 is 5.97 Å². The van der Waals surface area contributed by atoms with Gasteiger partial charge in [-0.3, -0.25) is 4.79 Å². The highest BCUT2D eigenvalue weighted by molar-refractivity contribution is 7.89. The number of hydrogen-bond acceptors (Lipinski definition) is 5. The number of esters is 1.